The molecule has 0 saturated heterocycles. The van der Waals surface area contributed by atoms with Crippen molar-refractivity contribution in [1.29, 1.82) is 0 Å². The third-order valence-electron chi connectivity index (χ3n) is 1.56. The lowest BCUT2D eigenvalue weighted by atomic mass is 10.1. The molecule has 0 bridgehead atoms. The average Bonchev–Trinajstić information content (AvgIpc) is 1.97. The van der Waals surface area contributed by atoms with Gasteiger partial charge in [-0.15, -0.1) is 0 Å². The van der Waals surface area contributed by atoms with E-state index in [2.05, 4.69) is 29.5 Å². The maximum Gasteiger partial charge on any atom is 0.409 e. The summed E-state index contributed by atoms with van der Waals surface area (Å²) in [5, 5.41) is 0. The van der Waals surface area contributed by atoms with Gasteiger partial charge in [0.15, 0.2) is 0 Å². The van der Waals surface area contributed by atoms with Crippen LogP contribution < -0.4 is 0 Å². The second-order valence-corrected chi connectivity index (χ2v) is 4.67. The Balaban J connectivity index is 3.50. The second kappa shape index (κ2) is 6.68. The maximum absolute atomic E-state index is 11.6. The van der Waals surface area contributed by atoms with Crippen LogP contribution in [-0.4, -0.2) is 10.1 Å². The predicted molar refractivity (Wildman–Crippen MR) is 57.1 cm³/mol. The molecule has 0 aliphatic heterocycles. The topological polar surface area (TPSA) is 0 Å². The molecule has 0 amide bonds. The molecule has 4 heteroatoms. The lowest BCUT2D eigenvalue weighted by molar-refractivity contribution is -0.0800. The molecule has 13 heavy (non-hydrogen) atoms. The van der Waals surface area contributed by atoms with E-state index in [0.717, 1.165) is 19.3 Å². The minimum atomic E-state index is -4.15. The number of hydrogen-bond acceptors (Lipinski definition) is 0. The van der Waals surface area contributed by atoms with Gasteiger partial charge in [-0.3, -0.25) is 0 Å². The first-order valence-corrected chi connectivity index (χ1v) is 5.58. The van der Waals surface area contributed by atoms with Crippen LogP contribution in [0.5, 0.6) is 0 Å². The first kappa shape index (κ1) is 13.3. The third kappa shape index (κ3) is 10.2. The van der Waals surface area contributed by atoms with E-state index in [4.69, 9.17) is 0 Å². The van der Waals surface area contributed by atoms with Crippen LogP contribution in [0.15, 0.2) is 12.2 Å². The Morgan fingerprint density at radius 2 is 1.92 bits per heavy atom. The molecule has 0 heterocycles. The Bertz CT molecular complexity index is 151. The van der Waals surface area contributed by atoms with Gasteiger partial charge in [0.05, 0.1) is 0 Å². The first-order chi connectivity index (χ1) is 5.95. The molecule has 0 aliphatic rings. The summed E-state index contributed by atoms with van der Waals surface area (Å²) in [4.78, 5) is 0. The molecule has 0 saturated carbocycles. The van der Waals surface area contributed by atoms with Gasteiger partial charge in [-0.05, 0) is 19.3 Å². The van der Waals surface area contributed by atoms with Crippen molar-refractivity contribution in [2.75, 3.05) is 0 Å². The summed E-state index contributed by atoms with van der Waals surface area (Å²) in [5.74, 6) is 0. The van der Waals surface area contributed by atoms with E-state index in [1.54, 1.807) is 0 Å². The largest absolute Gasteiger partial charge is 0.409 e. The van der Waals surface area contributed by atoms with Crippen LogP contribution in [0.1, 0.15) is 32.6 Å². The van der Waals surface area contributed by atoms with Crippen LogP contribution in [0, 0.1) is 0 Å². The summed E-state index contributed by atoms with van der Waals surface area (Å²) in [6.45, 7) is 2.08. The van der Waals surface area contributed by atoms with Gasteiger partial charge in [0.1, 0.15) is 0 Å². The number of alkyl halides is 4. The fraction of sp³-hybridized carbons (Fsp3) is 0.778. The summed E-state index contributed by atoms with van der Waals surface area (Å²) in [5.41, 5.74) is 0. The van der Waals surface area contributed by atoms with Gasteiger partial charge in [-0.1, -0.05) is 42.0 Å². The lowest BCUT2D eigenvalue weighted by Gasteiger charge is -2.05. The van der Waals surface area contributed by atoms with Gasteiger partial charge in [0, 0.05) is 10.0 Å². The van der Waals surface area contributed by atoms with Crippen LogP contribution in [0.3, 0.4) is 0 Å². The van der Waals surface area contributed by atoms with Crippen LogP contribution >= 0.6 is 22.6 Å². The highest BCUT2D eigenvalue weighted by Crippen LogP contribution is 2.18. The molecule has 0 spiro atoms. The van der Waals surface area contributed by atoms with E-state index in [1.807, 2.05) is 0 Å². The zero-order valence-electron chi connectivity index (χ0n) is 7.57. The Morgan fingerprint density at radius 1 is 1.31 bits per heavy atom. The number of rotatable bonds is 5. The summed E-state index contributed by atoms with van der Waals surface area (Å²) in [6.07, 6.45) is 0.917. The maximum atomic E-state index is 11.6. The summed E-state index contributed by atoms with van der Waals surface area (Å²) in [7, 11) is 0. The molecule has 0 rings (SSSR count). The smallest absolute Gasteiger partial charge is 0.167 e. The Labute approximate surface area is 90.7 Å². The van der Waals surface area contributed by atoms with E-state index in [-0.39, 0.29) is 0 Å². The van der Waals surface area contributed by atoms with Crippen molar-refractivity contribution in [2.24, 2.45) is 0 Å². The lowest BCUT2D eigenvalue weighted by Crippen LogP contribution is -2.01. The first-order valence-electron chi connectivity index (χ1n) is 4.34. The SMILES string of the molecule is CCCC(I)CC/C=C/C(F)(F)F. The molecule has 0 aliphatic carbocycles. The van der Waals surface area contributed by atoms with Crippen molar-refractivity contribution in [3.8, 4) is 0 Å². The highest BCUT2D eigenvalue weighted by Gasteiger charge is 2.21. The van der Waals surface area contributed by atoms with Crippen LogP contribution in [0.25, 0.3) is 0 Å². The third-order valence-corrected chi connectivity index (χ3v) is 2.80. The van der Waals surface area contributed by atoms with Gasteiger partial charge < -0.3 is 0 Å². The monoisotopic (exact) mass is 306 g/mol. The normalized spacial score (nSPS) is 15.2. The highest BCUT2D eigenvalue weighted by molar-refractivity contribution is 14.1. The molecule has 0 radical (unpaired) electrons. The van der Waals surface area contributed by atoms with E-state index in [9.17, 15) is 13.2 Å². The average molecular weight is 306 g/mol. The summed E-state index contributed by atoms with van der Waals surface area (Å²) in [6, 6.07) is 0. The van der Waals surface area contributed by atoms with Gasteiger partial charge in [0.2, 0.25) is 0 Å². The molecule has 0 aromatic carbocycles. The molecular formula is C9H14F3I. The molecule has 0 N–H and O–H groups in total. The predicted octanol–water partition coefficient (Wildman–Crippen LogP) is 4.49. The Morgan fingerprint density at radius 3 is 2.38 bits per heavy atom. The summed E-state index contributed by atoms with van der Waals surface area (Å²) < 4.78 is 35.4. The van der Waals surface area contributed by atoms with Crippen LogP contribution in [0.4, 0.5) is 13.2 Å². The van der Waals surface area contributed by atoms with Crippen molar-refractivity contribution in [2.45, 2.75) is 42.7 Å². The van der Waals surface area contributed by atoms with E-state index < -0.39 is 6.18 Å². The number of allylic oxidation sites excluding steroid dienone is 2. The zero-order chi connectivity index (χ0) is 10.3. The fourth-order valence-electron chi connectivity index (χ4n) is 0.952. The van der Waals surface area contributed by atoms with E-state index >= 15 is 0 Å². The summed E-state index contributed by atoms with van der Waals surface area (Å²) >= 11 is 2.29. The van der Waals surface area contributed by atoms with E-state index in [1.165, 1.54) is 6.08 Å². The Kier molecular flexibility index (Phi) is 6.81. The van der Waals surface area contributed by atoms with Crippen molar-refractivity contribution < 1.29 is 13.2 Å². The van der Waals surface area contributed by atoms with Gasteiger partial charge in [-0.25, -0.2) is 0 Å². The molecule has 0 fully saturated rings. The molecule has 1 unspecified atom stereocenters. The molecule has 0 aromatic heterocycles. The quantitative estimate of drug-likeness (QED) is 0.399. The highest BCUT2D eigenvalue weighted by atomic mass is 127. The molecule has 1 atom stereocenters. The molecular weight excluding hydrogens is 292 g/mol. The fourth-order valence-corrected chi connectivity index (χ4v) is 1.93. The van der Waals surface area contributed by atoms with Gasteiger partial charge in [0.25, 0.3) is 0 Å². The molecule has 0 aromatic rings. The van der Waals surface area contributed by atoms with E-state index in [0.29, 0.717) is 16.4 Å². The zero-order valence-corrected chi connectivity index (χ0v) is 9.73. The minimum Gasteiger partial charge on any atom is -0.167 e. The second-order valence-electron chi connectivity index (χ2n) is 2.91. The van der Waals surface area contributed by atoms with Gasteiger partial charge >= 0.3 is 6.18 Å². The van der Waals surface area contributed by atoms with Crippen molar-refractivity contribution >= 4 is 22.6 Å². The molecule has 0 nitrogen and oxygen atoms in total. The van der Waals surface area contributed by atoms with Crippen molar-refractivity contribution in [3.63, 3.8) is 0 Å². The Hall–Kier alpha value is 0.260. The number of halogens is 4. The molecule has 78 valence electrons. The minimum absolute atomic E-state index is 0.322. The van der Waals surface area contributed by atoms with Crippen LogP contribution in [-0.2, 0) is 0 Å². The van der Waals surface area contributed by atoms with Gasteiger partial charge in [-0.2, -0.15) is 13.2 Å². The number of hydrogen-bond donors (Lipinski definition) is 0. The van der Waals surface area contributed by atoms with Crippen LogP contribution in [0.2, 0.25) is 0 Å². The van der Waals surface area contributed by atoms with Crippen molar-refractivity contribution in [3.05, 3.63) is 12.2 Å². The standard InChI is InChI=1S/C9H14F3I/c1-2-5-8(13)6-3-4-7-9(10,11)12/h4,7-8H,2-3,5-6H2,1H3/b7-4+. The van der Waals surface area contributed by atoms with Crippen molar-refractivity contribution in [1.82, 2.24) is 0 Å².